The van der Waals surface area contributed by atoms with Crippen molar-refractivity contribution < 1.29 is 0 Å². The normalized spacial score (nSPS) is 28.9. The van der Waals surface area contributed by atoms with E-state index in [9.17, 15) is 0 Å². The predicted octanol–water partition coefficient (Wildman–Crippen LogP) is 2.69. The fourth-order valence-electron chi connectivity index (χ4n) is 3.14. The minimum atomic E-state index is 0.437. The van der Waals surface area contributed by atoms with Crippen LogP contribution in [0.1, 0.15) is 58.8 Å². The lowest BCUT2D eigenvalue weighted by Crippen LogP contribution is -2.50. The zero-order valence-corrected chi connectivity index (χ0v) is 11.1. The summed E-state index contributed by atoms with van der Waals surface area (Å²) in [5, 5.41) is 7.34. The molecule has 2 aliphatic rings. The number of rotatable bonds is 3. The first-order chi connectivity index (χ1) is 7.62. The number of piperidine rings is 1. The van der Waals surface area contributed by atoms with Crippen molar-refractivity contribution in [2.45, 2.75) is 64.3 Å². The second-order valence-corrected chi connectivity index (χ2v) is 6.54. The van der Waals surface area contributed by atoms with Gasteiger partial charge in [-0.3, -0.25) is 0 Å². The van der Waals surface area contributed by atoms with Gasteiger partial charge < -0.3 is 10.6 Å². The topological polar surface area (TPSA) is 24.1 Å². The molecule has 2 nitrogen and oxygen atoms in total. The summed E-state index contributed by atoms with van der Waals surface area (Å²) in [6.45, 7) is 8.50. The lowest BCUT2D eigenvalue weighted by atomic mass is 9.78. The van der Waals surface area contributed by atoms with Gasteiger partial charge in [0.1, 0.15) is 0 Å². The number of hydrogen-bond donors (Lipinski definition) is 2. The highest BCUT2D eigenvalue weighted by Gasteiger charge is 2.31. The summed E-state index contributed by atoms with van der Waals surface area (Å²) in [5.74, 6) is 0. The van der Waals surface area contributed by atoms with E-state index in [1.165, 1.54) is 64.6 Å². The molecule has 0 radical (unpaired) electrons. The van der Waals surface area contributed by atoms with Crippen LogP contribution in [0, 0.1) is 5.41 Å². The smallest absolute Gasteiger partial charge is 0.0153 e. The molecule has 0 aromatic carbocycles. The molecular formula is C14H28N2. The second-order valence-electron chi connectivity index (χ2n) is 6.54. The van der Waals surface area contributed by atoms with Crippen molar-refractivity contribution in [3.63, 3.8) is 0 Å². The van der Waals surface area contributed by atoms with Crippen LogP contribution in [0.25, 0.3) is 0 Å². The van der Waals surface area contributed by atoms with Crippen LogP contribution in [0.15, 0.2) is 0 Å². The van der Waals surface area contributed by atoms with Crippen LogP contribution < -0.4 is 10.6 Å². The second kappa shape index (κ2) is 5.05. The Hall–Kier alpha value is -0.0800. The third kappa shape index (κ3) is 3.21. The SMILES string of the molecule is CC1(CNC2(C)CCCCC2)CCNCC1. The van der Waals surface area contributed by atoms with Crippen molar-refractivity contribution in [1.29, 1.82) is 0 Å². The van der Waals surface area contributed by atoms with Crippen molar-refractivity contribution >= 4 is 0 Å². The van der Waals surface area contributed by atoms with Crippen molar-refractivity contribution in [2.75, 3.05) is 19.6 Å². The van der Waals surface area contributed by atoms with Crippen LogP contribution in [-0.2, 0) is 0 Å². The molecule has 1 aliphatic heterocycles. The van der Waals surface area contributed by atoms with E-state index in [1.807, 2.05) is 0 Å². The molecule has 0 bridgehead atoms. The van der Waals surface area contributed by atoms with Crippen LogP contribution in [0.4, 0.5) is 0 Å². The van der Waals surface area contributed by atoms with Crippen LogP contribution in [-0.4, -0.2) is 25.2 Å². The fraction of sp³-hybridized carbons (Fsp3) is 1.00. The average Bonchev–Trinajstić information content (AvgIpc) is 2.29. The van der Waals surface area contributed by atoms with Gasteiger partial charge in [-0.1, -0.05) is 26.2 Å². The third-order valence-corrected chi connectivity index (χ3v) is 4.71. The summed E-state index contributed by atoms with van der Waals surface area (Å²) in [7, 11) is 0. The molecule has 1 aliphatic carbocycles. The molecule has 2 rings (SSSR count). The average molecular weight is 224 g/mol. The molecule has 0 aromatic rings. The predicted molar refractivity (Wildman–Crippen MR) is 69.7 cm³/mol. The van der Waals surface area contributed by atoms with E-state index in [1.54, 1.807) is 0 Å². The van der Waals surface area contributed by atoms with E-state index in [4.69, 9.17) is 0 Å². The van der Waals surface area contributed by atoms with E-state index < -0.39 is 0 Å². The molecule has 0 unspecified atom stereocenters. The van der Waals surface area contributed by atoms with Crippen molar-refractivity contribution in [3.05, 3.63) is 0 Å². The monoisotopic (exact) mass is 224 g/mol. The van der Waals surface area contributed by atoms with E-state index in [0.717, 1.165) is 0 Å². The third-order valence-electron chi connectivity index (χ3n) is 4.71. The van der Waals surface area contributed by atoms with Gasteiger partial charge >= 0.3 is 0 Å². The summed E-state index contributed by atoms with van der Waals surface area (Å²) in [6, 6.07) is 0. The maximum Gasteiger partial charge on any atom is 0.0153 e. The highest BCUT2D eigenvalue weighted by molar-refractivity contribution is 4.90. The first-order valence-electron chi connectivity index (χ1n) is 7.08. The molecule has 2 fully saturated rings. The maximum atomic E-state index is 3.88. The number of hydrogen-bond acceptors (Lipinski definition) is 2. The van der Waals surface area contributed by atoms with E-state index in [0.29, 0.717) is 11.0 Å². The highest BCUT2D eigenvalue weighted by Crippen LogP contribution is 2.31. The van der Waals surface area contributed by atoms with Gasteiger partial charge in [-0.25, -0.2) is 0 Å². The molecule has 0 atom stereocenters. The zero-order valence-electron chi connectivity index (χ0n) is 11.1. The van der Waals surface area contributed by atoms with Gasteiger partial charge in [-0.05, 0) is 51.1 Å². The van der Waals surface area contributed by atoms with Gasteiger partial charge in [0, 0.05) is 12.1 Å². The molecule has 16 heavy (non-hydrogen) atoms. The fourth-order valence-corrected chi connectivity index (χ4v) is 3.14. The summed E-state index contributed by atoms with van der Waals surface area (Å²) >= 11 is 0. The summed E-state index contributed by atoms with van der Waals surface area (Å²) in [4.78, 5) is 0. The summed E-state index contributed by atoms with van der Waals surface area (Å²) < 4.78 is 0. The molecule has 0 amide bonds. The molecule has 0 aromatic heterocycles. The van der Waals surface area contributed by atoms with Gasteiger partial charge in [0.05, 0.1) is 0 Å². The van der Waals surface area contributed by atoms with Gasteiger partial charge in [0.15, 0.2) is 0 Å². The zero-order chi connectivity index (χ0) is 11.5. The molecule has 1 saturated heterocycles. The minimum absolute atomic E-state index is 0.437. The van der Waals surface area contributed by atoms with Gasteiger partial charge in [-0.15, -0.1) is 0 Å². The molecule has 0 spiro atoms. The minimum Gasteiger partial charge on any atom is -0.317 e. The Morgan fingerprint density at radius 2 is 1.56 bits per heavy atom. The Labute approximate surface area is 101 Å². The summed E-state index contributed by atoms with van der Waals surface area (Å²) in [5.41, 5.74) is 0.970. The standard InChI is InChI=1S/C14H28N2/c1-13(8-10-15-11-9-13)12-16-14(2)6-4-3-5-7-14/h15-16H,3-12H2,1-2H3. The molecule has 1 saturated carbocycles. The quantitative estimate of drug-likeness (QED) is 0.770. The van der Waals surface area contributed by atoms with Gasteiger partial charge in [-0.2, -0.15) is 0 Å². The maximum absolute atomic E-state index is 3.88. The Morgan fingerprint density at radius 1 is 0.938 bits per heavy atom. The van der Waals surface area contributed by atoms with Crippen molar-refractivity contribution in [1.82, 2.24) is 10.6 Å². The van der Waals surface area contributed by atoms with Crippen molar-refractivity contribution in [2.24, 2.45) is 5.41 Å². The Morgan fingerprint density at radius 3 is 2.19 bits per heavy atom. The highest BCUT2D eigenvalue weighted by atomic mass is 15.0. The van der Waals surface area contributed by atoms with Crippen LogP contribution >= 0.6 is 0 Å². The molecular weight excluding hydrogens is 196 g/mol. The lowest BCUT2D eigenvalue weighted by Gasteiger charge is -2.41. The van der Waals surface area contributed by atoms with Crippen LogP contribution in [0.3, 0.4) is 0 Å². The van der Waals surface area contributed by atoms with E-state index in [2.05, 4.69) is 24.5 Å². The number of nitrogens with one attached hydrogen (secondary N) is 2. The first kappa shape index (κ1) is 12.4. The van der Waals surface area contributed by atoms with Crippen molar-refractivity contribution in [3.8, 4) is 0 Å². The summed E-state index contributed by atoms with van der Waals surface area (Å²) in [6.07, 6.45) is 9.69. The van der Waals surface area contributed by atoms with Gasteiger partial charge in [0.25, 0.3) is 0 Å². The van der Waals surface area contributed by atoms with Gasteiger partial charge in [0.2, 0.25) is 0 Å². The molecule has 94 valence electrons. The largest absolute Gasteiger partial charge is 0.317 e. The Kier molecular flexibility index (Phi) is 3.91. The van der Waals surface area contributed by atoms with E-state index >= 15 is 0 Å². The first-order valence-corrected chi connectivity index (χ1v) is 7.08. The molecule has 2 heteroatoms. The van der Waals surface area contributed by atoms with Crippen LogP contribution in [0.5, 0.6) is 0 Å². The van der Waals surface area contributed by atoms with E-state index in [-0.39, 0.29) is 0 Å². The molecule has 2 N–H and O–H groups in total. The lowest BCUT2D eigenvalue weighted by molar-refractivity contribution is 0.169. The Bertz CT molecular complexity index is 189. The molecule has 1 heterocycles. The Balaban J connectivity index is 1.80. The van der Waals surface area contributed by atoms with Crippen LogP contribution in [0.2, 0.25) is 0 Å².